The van der Waals surface area contributed by atoms with Gasteiger partial charge in [-0.2, -0.15) is 5.10 Å². The molecule has 0 aliphatic carbocycles. The number of aromatic nitrogens is 2. The van der Waals surface area contributed by atoms with Gasteiger partial charge in [-0.1, -0.05) is 30.7 Å². The van der Waals surface area contributed by atoms with Crippen LogP contribution in [0.25, 0.3) is 11.3 Å². The lowest BCUT2D eigenvalue weighted by atomic mass is 10.1. The Morgan fingerprint density at radius 3 is 2.59 bits per heavy atom. The molecule has 1 aliphatic heterocycles. The number of nitrogens with one attached hydrogen (secondary N) is 2. The second-order valence-corrected chi connectivity index (χ2v) is 7.44. The van der Waals surface area contributed by atoms with Crippen LogP contribution in [0.5, 0.6) is 0 Å². The van der Waals surface area contributed by atoms with E-state index in [1.807, 2.05) is 24.3 Å². The van der Waals surface area contributed by atoms with Crippen molar-refractivity contribution in [2.24, 2.45) is 5.92 Å². The maximum Gasteiger partial charge on any atom is 0.259 e. The highest BCUT2D eigenvalue weighted by atomic mass is 35.5. The Morgan fingerprint density at radius 2 is 1.93 bits per heavy atom. The molecule has 3 aromatic rings. The average molecular weight is 381 g/mol. The molecule has 0 bridgehead atoms. The number of hydrogen-bond acceptors (Lipinski definition) is 3. The van der Waals surface area contributed by atoms with Gasteiger partial charge in [0.1, 0.15) is 0 Å². The van der Waals surface area contributed by atoms with Crippen LogP contribution in [0.1, 0.15) is 23.7 Å². The van der Waals surface area contributed by atoms with Crippen molar-refractivity contribution in [3.05, 3.63) is 65.3 Å². The molecular weight excluding hydrogens is 360 g/mol. The number of carbonyl (C=O) groups excluding carboxylic acids is 1. The van der Waals surface area contributed by atoms with E-state index >= 15 is 0 Å². The number of amides is 1. The van der Waals surface area contributed by atoms with Crippen LogP contribution in [-0.4, -0.2) is 29.2 Å². The first-order valence-electron chi connectivity index (χ1n) is 9.06. The number of aromatic amines is 1. The van der Waals surface area contributed by atoms with Gasteiger partial charge in [0.05, 0.1) is 17.5 Å². The van der Waals surface area contributed by atoms with Gasteiger partial charge in [-0.15, -0.1) is 0 Å². The van der Waals surface area contributed by atoms with Gasteiger partial charge in [0.2, 0.25) is 0 Å². The lowest BCUT2D eigenvalue weighted by Gasteiger charge is -2.18. The van der Waals surface area contributed by atoms with Crippen molar-refractivity contribution < 1.29 is 4.79 Å². The first kappa shape index (κ1) is 17.6. The van der Waals surface area contributed by atoms with Gasteiger partial charge in [-0.3, -0.25) is 9.89 Å². The summed E-state index contributed by atoms with van der Waals surface area (Å²) in [4.78, 5) is 15.1. The largest absolute Gasteiger partial charge is 0.371 e. The predicted molar refractivity (Wildman–Crippen MR) is 109 cm³/mol. The Balaban J connectivity index is 1.48. The van der Waals surface area contributed by atoms with E-state index in [1.54, 1.807) is 18.3 Å². The highest BCUT2D eigenvalue weighted by molar-refractivity contribution is 6.30. The Labute approximate surface area is 163 Å². The summed E-state index contributed by atoms with van der Waals surface area (Å²) in [5, 5.41) is 10.5. The molecule has 2 aromatic carbocycles. The third-order valence-corrected chi connectivity index (χ3v) is 5.18. The molecule has 1 atom stereocenters. The molecule has 5 nitrogen and oxygen atoms in total. The number of H-pyrrole nitrogens is 1. The van der Waals surface area contributed by atoms with E-state index in [-0.39, 0.29) is 5.91 Å². The third kappa shape index (κ3) is 3.83. The zero-order chi connectivity index (χ0) is 18.8. The van der Waals surface area contributed by atoms with Crippen LogP contribution < -0.4 is 10.2 Å². The molecule has 1 aliphatic rings. The highest BCUT2D eigenvalue weighted by Gasteiger charge is 2.19. The molecule has 0 saturated carbocycles. The summed E-state index contributed by atoms with van der Waals surface area (Å²) in [6, 6.07) is 15.3. The molecule has 2 N–H and O–H groups in total. The van der Waals surface area contributed by atoms with Gasteiger partial charge >= 0.3 is 0 Å². The van der Waals surface area contributed by atoms with E-state index in [9.17, 15) is 4.79 Å². The topological polar surface area (TPSA) is 61.0 Å². The maximum atomic E-state index is 12.7. The lowest BCUT2D eigenvalue weighted by molar-refractivity contribution is 0.102. The molecule has 6 heteroatoms. The van der Waals surface area contributed by atoms with Crippen molar-refractivity contribution in [1.82, 2.24) is 10.2 Å². The fourth-order valence-electron chi connectivity index (χ4n) is 3.42. The molecule has 1 unspecified atom stereocenters. The van der Waals surface area contributed by atoms with Crippen LogP contribution in [0.4, 0.5) is 11.4 Å². The van der Waals surface area contributed by atoms with Crippen LogP contribution in [0.15, 0.2) is 54.7 Å². The number of halogens is 1. The van der Waals surface area contributed by atoms with E-state index in [0.29, 0.717) is 16.3 Å². The Kier molecular flexibility index (Phi) is 4.86. The zero-order valence-corrected chi connectivity index (χ0v) is 15.8. The van der Waals surface area contributed by atoms with Crippen molar-refractivity contribution in [3.8, 4) is 11.3 Å². The quantitative estimate of drug-likeness (QED) is 0.681. The van der Waals surface area contributed by atoms with Crippen molar-refractivity contribution in [2.75, 3.05) is 23.3 Å². The van der Waals surface area contributed by atoms with Gasteiger partial charge < -0.3 is 10.2 Å². The molecule has 1 aromatic heterocycles. The van der Waals surface area contributed by atoms with Gasteiger partial charge in [0.15, 0.2) is 0 Å². The standard InChI is InChI=1S/C21H21ClN4O/c1-14-10-11-26(13-14)18-8-6-17(7-9-18)24-21(27)19-12-23-25-20(19)15-2-4-16(22)5-3-15/h2-9,12,14H,10-11,13H2,1H3,(H,23,25)(H,24,27). The van der Waals surface area contributed by atoms with Crippen molar-refractivity contribution in [1.29, 1.82) is 0 Å². The summed E-state index contributed by atoms with van der Waals surface area (Å²) in [6.07, 6.45) is 2.77. The third-order valence-electron chi connectivity index (χ3n) is 4.93. The SMILES string of the molecule is CC1CCN(c2ccc(NC(=O)c3cn[nH]c3-c3ccc(Cl)cc3)cc2)C1. The van der Waals surface area contributed by atoms with Crippen molar-refractivity contribution in [3.63, 3.8) is 0 Å². The van der Waals surface area contributed by atoms with Crippen molar-refractivity contribution >= 4 is 28.9 Å². The van der Waals surface area contributed by atoms with E-state index in [0.717, 1.165) is 30.3 Å². The molecule has 138 valence electrons. The molecule has 2 heterocycles. The predicted octanol–water partition coefficient (Wildman–Crippen LogP) is 4.83. The molecule has 1 amide bonds. The van der Waals surface area contributed by atoms with Crippen LogP contribution in [0.3, 0.4) is 0 Å². The first-order chi connectivity index (χ1) is 13.1. The minimum atomic E-state index is -0.198. The van der Waals surface area contributed by atoms with Gasteiger partial charge in [-0.25, -0.2) is 0 Å². The second kappa shape index (κ2) is 7.45. The molecule has 0 spiro atoms. The smallest absolute Gasteiger partial charge is 0.259 e. The normalized spacial score (nSPS) is 16.5. The number of hydrogen-bond donors (Lipinski definition) is 2. The van der Waals surface area contributed by atoms with Crippen LogP contribution in [0, 0.1) is 5.92 Å². The Bertz CT molecular complexity index is 934. The number of carbonyl (C=O) groups is 1. The van der Waals surface area contributed by atoms with E-state index < -0.39 is 0 Å². The first-order valence-corrected chi connectivity index (χ1v) is 9.43. The summed E-state index contributed by atoms with van der Waals surface area (Å²) >= 11 is 5.94. The second-order valence-electron chi connectivity index (χ2n) is 7.01. The summed E-state index contributed by atoms with van der Waals surface area (Å²) < 4.78 is 0. The summed E-state index contributed by atoms with van der Waals surface area (Å²) in [7, 11) is 0. The van der Waals surface area contributed by atoms with Crippen LogP contribution in [0.2, 0.25) is 5.02 Å². The number of anilines is 2. The van der Waals surface area contributed by atoms with Gasteiger partial charge in [0.25, 0.3) is 5.91 Å². The van der Waals surface area contributed by atoms with Gasteiger partial charge in [0, 0.05) is 35.1 Å². The van der Waals surface area contributed by atoms with Crippen LogP contribution in [-0.2, 0) is 0 Å². The monoisotopic (exact) mass is 380 g/mol. The van der Waals surface area contributed by atoms with E-state index in [2.05, 4.69) is 39.5 Å². The maximum absolute atomic E-state index is 12.7. The molecule has 0 radical (unpaired) electrons. The van der Waals surface area contributed by atoms with Crippen molar-refractivity contribution in [2.45, 2.75) is 13.3 Å². The fraction of sp³-hybridized carbons (Fsp3) is 0.238. The summed E-state index contributed by atoms with van der Waals surface area (Å²) in [5.74, 6) is 0.535. The summed E-state index contributed by atoms with van der Waals surface area (Å²) in [6.45, 7) is 4.45. The number of nitrogens with zero attached hydrogens (tertiary/aromatic N) is 2. The Hall–Kier alpha value is -2.79. The average Bonchev–Trinajstić information content (AvgIpc) is 3.32. The lowest BCUT2D eigenvalue weighted by Crippen LogP contribution is -2.19. The number of benzene rings is 2. The number of rotatable bonds is 4. The minimum absolute atomic E-state index is 0.198. The molecule has 1 saturated heterocycles. The fourth-order valence-corrected chi connectivity index (χ4v) is 3.54. The highest BCUT2D eigenvalue weighted by Crippen LogP contribution is 2.26. The zero-order valence-electron chi connectivity index (χ0n) is 15.1. The Morgan fingerprint density at radius 1 is 1.19 bits per heavy atom. The van der Waals surface area contributed by atoms with E-state index in [4.69, 9.17) is 11.6 Å². The van der Waals surface area contributed by atoms with E-state index in [1.165, 1.54) is 12.1 Å². The summed E-state index contributed by atoms with van der Waals surface area (Å²) in [5.41, 5.74) is 3.99. The molecule has 27 heavy (non-hydrogen) atoms. The van der Waals surface area contributed by atoms with Crippen LogP contribution >= 0.6 is 11.6 Å². The van der Waals surface area contributed by atoms with Gasteiger partial charge in [-0.05, 0) is 48.7 Å². The molecule has 1 fully saturated rings. The molecular formula is C21H21ClN4O. The molecule has 4 rings (SSSR count). The minimum Gasteiger partial charge on any atom is -0.371 e.